The van der Waals surface area contributed by atoms with E-state index in [0.717, 1.165) is 30.9 Å². The van der Waals surface area contributed by atoms with Crippen molar-refractivity contribution in [2.75, 3.05) is 7.11 Å². The minimum atomic E-state index is -0.0336. The molecule has 1 fully saturated rings. The smallest absolute Gasteiger partial charge is 0.119 e. The molecule has 0 atom stereocenters. The summed E-state index contributed by atoms with van der Waals surface area (Å²) in [5, 5.41) is 0. The van der Waals surface area contributed by atoms with Crippen LogP contribution in [0.3, 0.4) is 0 Å². The van der Waals surface area contributed by atoms with E-state index >= 15 is 0 Å². The van der Waals surface area contributed by atoms with Crippen molar-refractivity contribution in [3.63, 3.8) is 0 Å². The molecule has 0 amide bonds. The maximum absolute atomic E-state index is 6.65. The van der Waals surface area contributed by atoms with Crippen LogP contribution in [-0.4, -0.2) is 12.6 Å². The molecule has 2 rings (SSSR count). The van der Waals surface area contributed by atoms with Gasteiger partial charge in [-0.1, -0.05) is 32.9 Å². The lowest BCUT2D eigenvalue weighted by Crippen LogP contribution is -2.46. The highest BCUT2D eigenvalue weighted by Gasteiger charge is 2.36. The van der Waals surface area contributed by atoms with Crippen molar-refractivity contribution < 1.29 is 4.74 Å². The Balaban J connectivity index is 1.99. The Hall–Kier alpha value is -1.02. The molecular formula is C18H29NO. The number of benzene rings is 1. The largest absolute Gasteiger partial charge is 0.497 e. The summed E-state index contributed by atoms with van der Waals surface area (Å²) < 4.78 is 5.30. The Morgan fingerprint density at radius 2 is 1.90 bits per heavy atom. The van der Waals surface area contributed by atoms with E-state index in [9.17, 15) is 0 Å². The zero-order valence-electron chi connectivity index (χ0n) is 13.4. The third-order valence-electron chi connectivity index (χ3n) is 4.90. The molecular weight excluding hydrogens is 246 g/mol. The molecule has 1 aliphatic carbocycles. The molecule has 0 saturated heterocycles. The van der Waals surface area contributed by atoms with Gasteiger partial charge in [0.25, 0.3) is 0 Å². The van der Waals surface area contributed by atoms with Crippen molar-refractivity contribution in [1.82, 2.24) is 0 Å². The molecule has 1 aliphatic rings. The van der Waals surface area contributed by atoms with Gasteiger partial charge in [0.15, 0.2) is 0 Å². The molecule has 0 spiro atoms. The lowest BCUT2D eigenvalue weighted by molar-refractivity contribution is 0.134. The maximum Gasteiger partial charge on any atom is 0.119 e. The summed E-state index contributed by atoms with van der Waals surface area (Å²) in [6.07, 6.45) is 5.73. The molecule has 112 valence electrons. The number of nitrogens with two attached hydrogens (primary N) is 1. The molecule has 20 heavy (non-hydrogen) atoms. The SMILES string of the molecule is COc1cccc(CC2(N)CCC(C(C)(C)C)CC2)c1. The van der Waals surface area contributed by atoms with E-state index in [1.54, 1.807) is 7.11 Å². The summed E-state index contributed by atoms with van der Waals surface area (Å²) >= 11 is 0. The standard InChI is InChI=1S/C18H29NO/c1-17(2,3)15-8-10-18(19,11-9-15)13-14-6-5-7-16(12-14)20-4/h5-7,12,15H,8-11,13,19H2,1-4H3. The van der Waals surface area contributed by atoms with Gasteiger partial charge >= 0.3 is 0 Å². The first-order valence-corrected chi connectivity index (χ1v) is 7.74. The zero-order valence-corrected chi connectivity index (χ0v) is 13.4. The lowest BCUT2D eigenvalue weighted by atomic mass is 9.66. The summed E-state index contributed by atoms with van der Waals surface area (Å²) in [7, 11) is 1.71. The van der Waals surface area contributed by atoms with Crippen LogP contribution < -0.4 is 10.5 Å². The summed E-state index contributed by atoms with van der Waals surface area (Å²) in [4.78, 5) is 0. The predicted octanol–water partition coefficient (Wildman–Crippen LogP) is 4.17. The number of hydrogen-bond donors (Lipinski definition) is 1. The van der Waals surface area contributed by atoms with Crippen molar-refractivity contribution in [1.29, 1.82) is 0 Å². The van der Waals surface area contributed by atoms with Gasteiger partial charge in [0.1, 0.15) is 5.75 Å². The molecule has 1 aromatic carbocycles. The molecule has 0 heterocycles. The van der Waals surface area contributed by atoms with Gasteiger partial charge in [-0.05, 0) is 61.1 Å². The van der Waals surface area contributed by atoms with Gasteiger partial charge in [0.05, 0.1) is 7.11 Å². The van der Waals surface area contributed by atoms with E-state index in [-0.39, 0.29) is 5.54 Å². The molecule has 0 radical (unpaired) electrons. The highest BCUT2D eigenvalue weighted by atomic mass is 16.5. The number of rotatable bonds is 3. The first kappa shape index (κ1) is 15.4. The Bertz CT molecular complexity index is 439. The van der Waals surface area contributed by atoms with Crippen molar-refractivity contribution in [3.05, 3.63) is 29.8 Å². The van der Waals surface area contributed by atoms with Gasteiger partial charge in [0.2, 0.25) is 0 Å². The average molecular weight is 275 g/mol. The van der Waals surface area contributed by atoms with Gasteiger partial charge in [-0.3, -0.25) is 0 Å². The molecule has 0 aromatic heterocycles. The van der Waals surface area contributed by atoms with Crippen molar-refractivity contribution in [2.24, 2.45) is 17.1 Å². The van der Waals surface area contributed by atoms with E-state index in [0.29, 0.717) is 5.41 Å². The monoisotopic (exact) mass is 275 g/mol. The van der Waals surface area contributed by atoms with Gasteiger partial charge in [0, 0.05) is 5.54 Å². The van der Waals surface area contributed by atoms with E-state index < -0.39 is 0 Å². The quantitative estimate of drug-likeness (QED) is 0.898. The summed E-state index contributed by atoms with van der Waals surface area (Å²) in [6.45, 7) is 7.05. The molecule has 2 nitrogen and oxygen atoms in total. The van der Waals surface area contributed by atoms with Gasteiger partial charge in [-0.2, -0.15) is 0 Å². The average Bonchev–Trinajstić information content (AvgIpc) is 2.38. The first-order chi connectivity index (χ1) is 9.32. The minimum Gasteiger partial charge on any atom is -0.497 e. The number of hydrogen-bond acceptors (Lipinski definition) is 2. The fourth-order valence-corrected chi connectivity index (χ4v) is 3.42. The predicted molar refractivity (Wildman–Crippen MR) is 85.0 cm³/mol. The highest BCUT2D eigenvalue weighted by molar-refractivity contribution is 5.29. The number of ether oxygens (including phenoxy) is 1. The fourth-order valence-electron chi connectivity index (χ4n) is 3.42. The Morgan fingerprint density at radius 1 is 1.25 bits per heavy atom. The van der Waals surface area contributed by atoms with Crippen LogP contribution >= 0.6 is 0 Å². The van der Waals surface area contributed by atoms with Gasteiger partial charge < -0.3 is 10.5 Å². The maximum atomic E-state index is 6.65. The summed E-state index contributed by atoms with van der Waals surface area (Å²) in [5.41, 5.74) is 8.32. The Morgan fingerprint density at radius 3 is 2.45 bits per heavy atom. The second-order valence-electron chi connectivity index (χ2n) is 7.53. The second kappa shape index (κ2) is 5.77. The highest BCUT2D eigenvalue weighted by Crippen LogP contribution is 2.41. The van der Waals surface area contributed by atoms with E-state index in [4.69, 9.17) is 10.5 Å². The van der Waals surface area contributed by atoms with Gasteiger partial charge in [-0.25, -0.2) is 0 Å². The van der Waals surface area contributed by atoms with Crippen molar-refractivity contribution >= 4 is 0 Å². The van der Waals surface area contributed by atoms with Gasteiger partial charge in [-0.15, -0.1) is 0 Å². The second-order valence-corrected chi connectivity index (χ2v) is 7.53. The topological polar surface area (TPSA) is 35.2 Å². The lowest BCUT2D eigenvalue weighted by Gasteiger charge is -2.42. The molecule has 0 unspecified atom stereocenters. The third kappa shape index (κ3) is 3.76. The molecule has 2 heteroatoms. The molecule has 0 aliphatic heterocycles. The molecule has 1 aromatic rings. The van der Waals surface area contributed by atoms with E-state index in [2.05, 4.69) is 39.0 Å². The van der Waals surface area contributed by atoms with E-state index in [1.165, 1.54) is 18.4 Å². The van der Waals surface area contributed by atoms with Crippen LogP contribution in [0.5, 0.6) is 5.75 Å². The van der Waals surface area contributed by atoms with Crippen LogP contribution in [0.2, 0.25) is 0 Å². The number of methoxy groups -OCH3 is 1. The van der Waals surface area contributed by atoms with Crippen LogP contribution in [0, 0.1) is 11.3 Å². The Labute approximate surface area is 123 Å². The Kier molecular flexibility index (Phi) is 4.43. The first-order valence-electron chi connectivity index (χ1n) is 7.74. The molecule has 2 N–H and O–H groups in total. The minimum absolute atomic E-state index is 0.0336. The van der Waals surface area contributed by atoms with Crippen LogP contribution in [0.1, 0.15) is 52.0 Å². The third-order valence-corrected chi connectivity index (χ3v) is 4.90. The van der Waals surface area contributed by atoms with Crippen LogP contribution in [0.25, 0.3) is 0 Å². The van der Waals surface area contributed by atoms with Crippen LogP contribution in [0.4, 0.5) is 0 Å². The van der Waals surface area contributed by atoms with Crippen molar-refractivity contribution in [3.8, 4) is 5.75 Å². The zero-order chi connectivity index (χ0) is 14.8. The van der Waals surface area contributed by atoms with E-state index in [1.807, 2.05) is 6.07 Å². The molecule has 1 saturated carbocycles. The normalized spacial score (nSPS) is 27.4. The summed E-state index contributed by atoms with van der Waals surface area (Å²) in [6, 6.07) is 8.32. The molecule has 0 bridgehead atoms. The summed E-state index contributed by atoms with van der Waals surface area (Å²) in [5.74, 6) is 1.74. The van der Waals surface area contributed by atoms with Crippen LogP contribution in [0.15, 0.2) is 24.3 Å². The van der Waals surface area contributed by atoms with Crippen LogP contribution in [-0.2, 0) is 6.42 Å². The van der Waals surface area contributed by atoms with Crippen molar-refractivity contribution in [2.45, 2.75) is 58.4 Å². The fraction of sp³-hybridized carbons (Fsp3) is 0.667.